The van der Waals surface area contributed by atoms with Crippen LogP contribution in [0.5, 0.6) is 28.7 Å². The van der Waals surface area contributed by atoms with E-state index in [1.807, 2.05) is 0 Å². The lowest BCUT2D eigenvalue weighted by molar-refractivity contribution is -0.385. The SMILES string of the molecule is COc1ccc([N+](=O)[O-])c(Oc2ccc(O)cc2OC)c1. The van der Waals surface area contributed by atoms with Crippen molar-refractivity contribution in [3.63, 3.8) is 0 Å². The van der Waals surface area contributed by atoms with Gasteiger partial charge in [0.15, 0.2) is 11.5 Å². The molecule has 1 N–H and O–H groups in total. The van der Waals surface area contributed by atoms with Crippen LogP contribution in [0.1, 0.15) is 0 Å². The lowest BCUT2D eigenvalue weighted by Crippen LogP contribution is -1.96. The molecule has 0 heterocycles. The molecule has 0 aromatic heterocycles. The van der Waals surface area contributed by atoms with Crippen molar-refractivity contribution < 1.29 is 24.2 Å². The number of hydrogen-bond donors (Lipinski definition) is 1. The van der Waals surface area contributed by atoms with Crippen LogP contribution in [0.4, 0.5) is 5.69 Å². The summed E-state index contributed by atoms with van der Waals surface area (Å²) in [5.74, 6) is 0.940. The minimum Gasteiger partial charge on any atom is -0.508 e. The van der Waals surface area contributed by atoms with Crippen molar-refractivity contribution in [2.75, 3.05) is 14.2 Å². The number of benzene rings is 2. The topological polar surface area (TPSA) is 91.1 Å². The van der Waals surface area contributed by atoms with E-state index in [-0.39, 0.29) is 28.7 Å². The van der Waals surface area contributed by atoms with Gasteiger partial charge in [0.2, 0.25) is 5.75 Å². The van der Waals surface area contributed by atoms with Gasteiger partial charge in [-0.05, 0) is 18.2 Å². The predicted octanol–water partition coefficient (Wildman–Crippen LogP) is 3.11. The van der Waals surface area contributed by atoms with Gasteiger partial charge >= 0.3 is 5.69 Å². The van der Waals surface area contributed by atoms with Crippen LogP contribution in [0.2, 0.25) is 0 Å². The Kier molecular flexibility index (Phi) is 4.13. The Morgan fingerprint density at radius 1 is 1.00 bits per heavy atom. The Bertz CT molecular complexity index is 671. The van der Waals surface area contributed by atoms with E-state index in [2.05, 4.69) is 0 Å². The molecule has 0 spiro atoms. The maximum Gasteiger partial charge on any atom is 0.311 e. The standard InChI is InChI=1S/C14H13NO6/c1-19-10-4-5-11(15(17)18)13(8-10)21-12-6-3-9(16)7-14(12)20-2/h3-8,16H,1-2H3. The first-order valence-corrected chi connectivity index (χ1v) is 5.92. The third kappa shape index (κ3) is 3.14. The van der Waals surface area contributed by atoms with Crippen LogP contribution in [-0.2, 0) is 0 Å². The molecule has 0 bridgehead atoms. The summed E-state index contributed by atoms with van der Waals surface area (Å²) >= 11 is 0. The molecule has 0 unspecified atom stereocenters. The zero-order valence-electron chi connectivity index (χ0n) is 11.4. The third-order valence-electron chi connectivity index (χ3n) is 2.73. The summed E-state index contributed by atoms with van der Waals surface area (Å²) in [5.41, 5.74) is -0.203. The molecule has 0 saturated carbocycles. The van der Waals surface area contributed by atoms with Gasteiger partial charge < -0.3 is 19.3 Å². The molecule has 0 amide bonds. The van der Waals surface area contributed by atoms with E-state index in [0.29, 0.717) is 5.75 Å². The molecule has 0 aliphatic rings. The minimum atomic E-state index is -0.554. The van der Waals surface area contributed by atoms with Crippen molar-refractivity contribution in [1.82, 2.24) is 0 Å². The number of nitro groups is 1. The summed E-state index contributed by atoms with van der Waals surface area (Å²) in [7, 11) is 2.85. The molecule has 110 valence electrons. The van der Waals surface area contributed by atoms with E-state index in [0.717, 1.165) is 0 Å². The second kappa shape index (κ2) is 6.00. The van der Waals surface area contributed by atoms with Gasteiger partial charge in [0.25, 0.3) is 0 Å². The first kappa shape index (κ1) is 14.4. The maximum absolute atomic E-state index is 11.0. The second-order valence-corrected chi connectivity index (χ2v) is 4.03. The van der Waals surface area contributed by atoms with Crippen molar-refractivity contribution in [2.45, 2.75) is 0 Å². The van der Waals surface area contributed by atoms with E-state index in [1.165, 1.54) is 50.6 Å². The van der Waals surface area contributed by atoms with Crippen LogP contribution in [0.25, 0.3) is 0 Å². The molecule has 7 nitrogen and oxygen atoms in total. The van der Waals surface area contributed by atoms with Gasteiger partial charge in [-0.25, -0.2) is 0 Å². The van der Waals surface area contributed by atoms with Crippen molar-refractivity contribution in [3.8, 4) is 28.7 Å². The van der Waals surface area contributed by atoms with Crippen molar-refractivity contribution >= 4 is 5.69 Å². The van der Waals surface area contributed by atoms with E-state index in [4.69, 9.17) is 14.2 Å². The molecule has 2 aromatic carbocycles. The second-order valence-electron chi connectivity index (χ2n) is 4.03. The average molecular weight is 291 g/mol. The quantitative estimate of drug-likeness (QED) is 0.672. The summed E-state index contributed by atoms with van der Waals surface area (Å²) in [5, 5.41) is 20.4. The smallest absolute Gasteiger partial charge is 0.311 e. The van der Waals surface area contributed by atoms with Crippen LogP contribution >= 0.6 is 0 Å². The normalized spacial score (nSPS) is 10.0. The highest BCUT2D eigenvalue weighted by molar-refractivity contribution is 5.54. The number of ether oxygens (including phenoxy) is 3. The van der Waals surface area contributed by atoms with Crippen LogP contribution in [0.3, 0.4) is 0 Å². The highest BCUT2D eigenvalue weighted by Crippen LogP contribution is 2.39. The summed E-state index contributed by atoms with van der Waals surface area (Å²) < 4.78 is 15.6. The predicted molar refractivity (Wildman–Crippen MR) is 74.4 cm³/mol. The highest BCUT2D eigenvalue weighted by atomic mass is 16.6. The summed E-state index contributed by atoms with van der Waals surface area (Å²) in [6.07, 6.45) is 0. The first-order chi connectivity index (χ1) is 10.0. The van der Waals surface area contributed by atoms with E-state index < -0.39 is 4.92 Å². The number of methoxy groups -OCH3 is 2. The summed E-state index contributed by atoms with van der Waals surface area (Å²) in [6, 6.07) is 8.37. The third-order valence-corrected chi connectivity index (χ3v) is 2.73. The van der Waals surface area contributed by atoms with Crippen molar-refractivity contribution in [1.29, 1.82) is 0 Å². The number of nitro benzene ring substituents is 1. The fourth-order valence-electron chi connectivity index (χ4n) is 1.71. The molecular formula is C14H13NO6. The van der Waals surface area contributed by atoms with E-state index >= 15 is 0 Å². The van der Waals surface area contributed by atoms with Crippen LogP contribution < -0.4 is 14.2 Å². The van der Waals surface area contributed by atoms with E-state index in [1.54, 1.807) is 0 Å². The Balaban J connectivity index is 2.45. The number of rotatable bonds is 5. The molecule has 0 radical (unpaired) electrons. The monoisotopic (exact) mass is 291 g/mol. The largest absolute Gasteiger partial charge is 0.508 e. The molecule has 0 saturated heterocycles. The molecule has 2 rings (SSSR count). The van der Waals surface area contributed by atoms with E-state index in [9.17, 15) is 15.2 Å². The first-order valence-electron chi connectivity index (χ1n) is 5.92. The molecule has 0 atom stereocenters. The van der Waals surface area contributed by atoms with Crippen LogP contribution in [0.15, 0.2) is 36.4 Å². The Labute approximate surface area is 120 Å². The van der Waals surface area contributed by atoms with Gasteiger partial charge in [-0.3, -0.25) is 10.1 Å². The average Bonchev–Trinajstić information content (AvgIpc) is 2.48. The molecule has 7 heteroatoms. The highest BCUT2D eigenvalue weighted by Gasteiger charge is 2.18. The van der Waals surface area contributed by atoms with Gasteiger partial charge in [0.05, 0.1) is 19.1 Å². The number of phenolic OH excluding ortho intramolecular Hbond substituents is 1. The van der Waals surface area contributed by atoms with Gasteiger partial charge in [-0.1, -0.05) is 0 Å². The molecule has 0 aliphatic carbocycles. The number of nitrogens with zero attached hydrogens (tertiary/aromatic N) is 1. The van der Waals surface area contributed by atoms with Gasteiger partial charge in [0, 0.05) is 18.2 Å². The van der Waals surface area contributed by atoms with Crippen molar-refractivity contribution in [3.05, 3.63) is 46.5 Å². The Morgan fingerprint density at radius 3 is 2.38 bits per heavy atom. The number of hydrogen-bond acceptors (Lipinski definition) is 6. The lowest BCUT2D eigenvalue weighted by atomic mass is 10.2. The lowest BCUT2D eigenvalue weighted by Gasteiger charge is -2.11. The molecule has 0 fully saturated rings. The van der Waals surface area contributed by atoms with Gasteiger partial charge in [0.1, 0.15) is 11.5 Å². The van der Waals surface area contributed by atoms with Gasteiger partial charge in [-0.15, -0.1) is 0 Å². The van der Waals surface area contributed by atoms with Crippen molar-refractivity contribution in [2.24, 2.45) is 0 Å². The van der Waals surface area contributed by atoms with Crippen LogP contribution in [0, 0.1) is 10.1 Å². The summed E-state index contributed by atoms with van der Waals surface area (Å²) in [6.45, 7) is 0. The minimum absolute atomic E-state index is 0.000609. The fourth-order valence-corrected chi connectivity index (χ4v) is 1.71. The molecule has 0 aliphatic heterocycles. The number of aromatic hydroxyl groups is 1. The Morgan fingerprint density at radius 2 is 1.76 bits per heavy atom. The number of phenols is 1. The molecule has 2 aromatic rings. The summed E-state index contributed by atoms with van der Waals surface area (Å²) in [4.78, 5) is 10.5. The maximum atomic E-state index is 11.0. The zero-order chi connectivity index (χ0) is 15.4. The molecule has 21 heavy (non-hydrogen) atoms. The van der Waals surface area contributed by atoms with Crippen LogP contribution in [-0.4, -0.2) is 24.2 Å². The van der Waals surface area contributed by atoms with Gasteiger partial charge in [-0.2, -0.15) is 0 Å². The Hall–Kier alpha value is -2.96. The fraction of sp³-hybridized carbons (Fsp3) is 0.143. The molecular weight excluding hydrogens is 278 g/mol. The zero-order valence-corrected chi connectivity index (χ0v) is 11.4.